The molecule has 0 saturated heterocycles. The predicted octanol–water partition coefficient (Wildman–Crippen LogP) is 5.29. The molecule has 37 heavy (non-hydrogen) atoms. The van der Waals surface area contributed by atoms with Crippen molar-refractivity contribution in [3.63, 3.8) is 0 Å². The number of fused-ring (bicyclic) bond motifs is 1. The summed E-state index contributed by atoms with van der Waals surface area (Å²) >= 11 is 0. The minimum Gasteiger partial charge on any atom is -0.501 e. The molecule has 2 heterocycles. The molecule has 1 unspecified atom stereocenters. The van der Waals surface area contributed by atoms with Gasteiger partial charge >= 0.3 is 11.9 Å². The average Bonchev–Trinajstić information content (AvgIpc) is 3.36. The van der Waals surface area contributed by atoms with Crippen LogP contribution in [0.2, 0.25) is 0 Å². The molecule has 4 rings (SSSR count). The number of carbonyl (C=O) groups excluding carboxylic acids is 2. The highest BCUT2D eigenvalue weighted by molar-refractivity contribution is 5.83. The molecule has 2 aliphatic heterocycles. The SMILES string of the molecule is CCOC(=O)/C=C(\C)OC.COC1=CC(=O)OC(CCc2ccccc2)C1.Cc1ccc2c(c1)OCO2. The maximum atomic E-state index is 11.3. The van der Waals surface area contributed by atoms with Crippen LogP contribution in [0.25, 0.3) is 0 Å². The van der Waals surface area contributed by atoms with E-state index in [0.717, 1.165) is 24.3 Å². The van der Waals surface area contributed by atoms with Gasteiger partial charge in [0.1, 0.15) is 11.9 Å². The number of methoxy groups -OCH3 is 2. The van der Waals surface area contributed by atoms with Crippen molar-refractivity contribution in [2.24, 2.45) is 0 Å². The van der Waals surface area contributed by atoms with Crippen LogP contribution in [0.1, 0.15) is 37.8 Å². The lowest BCUT2D eigenvalue weighted by Gasteiger charge is -2.22. The van der Waals surface area contributed by atoms with Crippen LogP contribution in [0, 0.1) is 6.92 Å². The summed E-state index contributed by atoms with van der Waals surface area (Å²) < 4.78 is 30.0. The van der Waals surface area contributed by atoms with Crippen molar-refractivity contribution in [3.8, 4) is 11.5 Å². The van der Waals surface area contributed by atoms with Crippen LogP contribution in [0.15, 0.2) is 72.2 Å². The molecule has 0 saturated carbocycles. The zero-order chi connectivity index (χ0) is 27.0. The van der Waals surface area contributed by atoms with Gasteiger partial charge in [0.05, 0.1) is 38.7 Å². The molecule has 0 amide bonds. The van der Waals surface area contributed by atoms with Crippen LogP contribution in [-0.4, -0.2) is 45.7 Å². The summed E-state index contributed by atoms with van der Waals surface area (Å²) in [6, 6.07) is 16.1. The predicted molar refractivity (Wildman–Crippen MR) is 139 cm³/mol. The fraction of sp³-hybridized carbons (Fsp3) is 0.379. The van der Waals surface area contributed by atoms with E-state index in [-0.39, 0.29) is 18.0 Å². The number of esters is 2. The lowest BCUT2D eigenvalue weighted by atomic mass is 10.0. The first-order valence-electron chi connectivity index (χ1n) is 12.1. The number of carbonyl (C=O) groups is 2. The molecule has 2 aromatic rings. The monoisotopic (exact) mass is 512 g/mol. The van der Waals surface area contributed by atoms with E-state index in [1.54, 1.807) is 21.0 Å². The summed E-state index contributed by atoms with van der Waals surface area (Å²) in [5.74, 6) is 2.32. The van der Waals surface area contributed by atoms with Gasteiger partial charge in [-0.05, 0) is 56.9 Å². The van der Waals surface area contributed by atoms with Gasteiger partial charge < -0.3 is 28.4 Å². The van der Waals surface area contributed by atoms with Crippen LogP contribution < -0.4 is 9.47 Å². The smallest absolute Gasteiger partial charge is 0.334 e. The Morgan fingerprint density at radius 1 is 1.08 bits per heavy atom. The number of hydrogen-bond donors (Lipinski definition) is 0. The first-order chi connectivity index (χ1) is 17.8. The Morgan fingerprint density at radius 3 is 2.49 bits per heavy atom. The number of hydrogen-bond acceptors (Lipinski definition) is 8. The number of aryl methyl sites for hydroxylation is 2. The molecule has 200 valence electrons. The van der Waals surface area contributed by atoms with Crippen molar-refractivity contribution in [2.75, 3.05) is 27.6 Å². The summed E-state index contributed by atoms with van der Waals surface area (Å²) in [5, 5.41) is 0. The molecule has 0 bridgehead atoms. The number of allylic oxidation sites excluding steroid dienone is 1. The maximum Gasteiger partial charge on any atom is 0.334 e. The molecule has 0 fully saturated rings. The molecule has 0 radical (unpaired) electrons. The largest absolute Gasteiger partial charge is 0.501 e. The van der Waals surface area contributed by atoms with Gasteiger partial charge in [-0.1, -0.05) is 36.4 Å². The third-order valence-electron chi connectivity index (χ3n) is 5.31. The quantitative estimate of drug-likeness (QED) is 0.281. The van der Waals surface area contributed by atoms with Crippen LogP contribution in [0.5, 0.6) is 11.5 Å². The van der Waals surface area contributed by atoms with Crippen LogP contribution in [0.4, 0.5) is 0 Å². The van der Waals surface area contributed by atoms with E-state index < -0.39 is 0 Å². The van der Waals surface area contributed by atoms with Crippen molar-refractivity contribution in [3.05, 3.63) is 83.3 Å². The summed E-state index contributed by atoms with van der Waals surface area (Å²) in [7, 11) is 3.09. The zero-order valence-electron chi connectivity index (χ0n) is 22.2. The molecule has 2 aliphatic rings. The lowest BCUT2D eigenvalue weighted by Crippen LogP contribution is -2.23. The van der Waals surface area contributed by atoms with E-state index >= 15 is 0 Å². The average molecular weight is 513 g/mol. The Kier molecular flexibility index (Phi) is 12.6. The Balaban J connectivity index is 0.000000208. The molecular formula is C29H36O8. The van der Waals surface area contributed by atoms with E-state index in [0.29, 0.717) is 31.3 Å². The molecule has 8 nitrogen and oxygen atoms in total. The van der Waals surface area contributed by atoms with Crippen molar-refractivity contribution in [2.45, 2.75) is 46.1 Å². The van der Waals surface area contributed by atoms with Gasteiger partial charge in [0.25, 0.3) is 0 Å². The molecule has 8 heteroatoms. The molecule has 0 aliphatic carbocycles. The van der Waals surface area contributed by atoms with E-state index in [2.05, 4.69) is 16.9 Å². The van der Waals surface area contributed by atoms with Gasteiger partial charge in [0.15, 0.2) is 11.5 Å². The molecule has 0 N–H and O–H groups in total. The summed E-state index contributed by atoms with van der Waals surface area (Å²) in [6.07, 6.45) is 5.08. The van der Waals surface area contributed by atoms with Crippen molar-refractivity contribution >= 4 is 11.9 Å². The second-order valence-electron chi connectivity index (χ2n) is 8.17. The summed E-state index contributed by atoms with van der Waals surface area (Å²) in [4.78, 5) is 21.9. The van der Waals surface area contributed by atoms with Crippen LogP contribution in [-0.2, 0) is 35.0 Å². The van der Waals surface area contributed by atoms with Crippen molar-refractivity contribution < 1.29 is 38.0 Å². The zero-order valence-corrected chi connectivity index (χ0v) is 22.2. The van der Waals surface area contributed by atoms with Gasteiger partial charge in [0, 0.05) is 6.42 Å². The van der Waals surface area contributed by atoms with E-state index in [1.807, 2.05) is 43.3 Å². The van der Waals surface area contributed by atoms with Gasteiger partial charge in [-0.15, -0.1) is 0 Å². The minimum atomic E-state index is -0.359. The minimum absolute atomic E-state index is 0.0670. The Morgan fingerprint density at radius 2 is 1.81 bits per heavy atom. The highest BCUT2D eigenvalue weighted by Crippen LogP contribution is 2.32. The lowest BCUT2D eigenvalue weighted by molar-refractivity contribution is -0.145. The van der Waals surface area contributed by atoms with Gasteiger partial charge in [-0.2, -0.15) is 0 Å². The highest BCUT2D eigenvalue weighted by atomic mass is 16.7. The topological polar surface area (TPSA) is 89.5 Å². The molecular weight excluding hydrogens is 476 g/mol. The fourth-order valence-corrected chi connectivity index (χ4v) is 3.34. The number of benzene rings is 2. The first-order valence-corrected chi connectivity index (χ1v) is 12.1. The highest BCUT2D eigenvalue weighted by Gasteiger charge is 2.21. The maximum absolute atomic E-state index is 11.3. The first kappa shape index (κ1) is 29.3. The van der Waals surface area contributed by atoms with Crippen LogP contribution in [0.3, 0.4) is 0 Å². The van der Waals surface area contributed by atoms with Crippen molar-refractivity contribution in [1.29, 1.82) is 0 Å². The summed E-state index contributed by atoms with van der Waals surface area (Å²) in [5.41, 5.74) is 2.46. The number of cyclic esters (lactones) is 1. The Labute approximate surface area is 218 Å². The third kappa shape index (κ3) is 11.1. The number of ether oxygens (including phenoxy) is 6. The molecule has 0 spiro atoms. The summed E-state index contributed by atoms with van der Waals surface area (Å²) in [6.45, 7) is 6.23. The Hall–Kier alpha value is -3.94. The second-order valence-corrected chi connectivity index (χ2v) is 8.17. The standard InChI is InChI=1S/C14H16O3.C8H8O2.C7H12O3/c1-16-13-9-12(17-14(15)10-13)8-7-11-5-3-2-4-6-11;1-6-2-3-7-8(4-6)10-5-9-7;1-4-10-7(8)5-6(2)9-3/h2-6,10,12H,7-9H2,1H3;2-4H,5H2,1H3;5H,4H2,1-3H3/b;;6-5+. The van der Waals surface area contributed by atoms with E-state index in [4.69, 9.17) is 23.7 Å². The Bertz CT molecular complexity index is 1060. The second kappa shape index (κ2) is 15.9. The molecule has 2 aromatic carbocycles. The van der Waals surface area contributed by atoms with Gasteiger partial charge in [-0.3, -0.25) is 0 Å². The van der Waals surface area contributed by atoms with Gasteiger partial charge in [0.2, 0.25) is 6.79 Å². The van der Waals surface area contributed by atoms with Crippen molar-refractivity contribution in [1.82, 2.24) is 0 Å². The van der Waals surface area contributed by atoms with Crippen LogP contribution >= 0.6 is 0 Å². The molecule has 1 atom stereocenters. The fourth-order valence-electron chi connectivity index (χ4n) is 3.34. The van der Waals surface area contributed by atoms with E-state index in [9.17, 15) is 9.59 Å². The molecule has 0 aromatic heterocycles. The van der Waals surface area contributed by atoms with E-state index in [1.165, 1.54) is 30.4 Å². The number of rotatable bonds is 7. The third-order valence-corrected chi connectivity index (χ3v) is 5.31. The van der Waals surface area contributed by atoms with Gasteiger partial charge in [-0.25, -0.2) is 9.59 Å². The normalized spacial score (nSPS) is 15.6.